The second-order valence-electron chi connectivity index (χ2n) is 0.885. The third kappa shape index (κ3) is 4.29. The summed E-state index contributed by atoms with van der Waals surface area (Å²) in [5.41, 5.74) is 0. The van der Waals surface area contributed by atoms with Crippen molar-refractivity contribution in [1.29, 1.82) is 0 Å². The van der Waals surface area contributed by atoms with E-state index in [1.165, 1.54) is 0 Å². The predicted octanol–water partition coefficient (Wildman–Crippen LogP) is -0.335. The van der Waals surface area contributed by atoms with Crippen LogP contribution in [0.4, 0.5) is 0 Å². The van der Waals surface area contributed by atoms with Crippen molar-refractivity contribution in [2.75, 3.05) is 0 Å². The van der Waals surface area contributed by atoms with Crippen molar-refractivity contribution in [2.45, 2.75) is 0 Å². The van der Waals surface area contributed by atoms with Gasteiger partial charge in [-0.15, -0.1) is 0 Å². The third-order valence-corrected chi connectivity index (χ3v) is 0.496. The molecule has 0 nitrogen and oxygen atoms in total. The molecule has 0 aromatic rings. The first-order valence-electron chi connectivity index (χ1n) is 1.58. The molecule has 0 aromatic carbocycles. The van der Waals surface area contributed by atoms with E-state index in [2.05, 4.69) is 5.98 Å². The molecule has 7 heavy (non-hydrogen) atoms. The van der Waals surface area contributed by atoms with E-state index in [-0.39, 0.29) is 24.2 Å². The van der Waals surface area contributed by atoms with Crippen LogP contribution in [0.2, 0.25) is 0 Å². The zero-order chi connectivity index (χ0) is 3.54. The summed E-state index contributed by atoms with van der Waals surface area (Å²) in [5.74, 6) is 4.74. The molecule has 0 N–H and O–H groups in total. The van der Waals surface area contributed by atoms with Crippen LogP contribution in [0.25, 0.3) is 0 Å². The van der Waals surface area contributed by atoms with Gasteiger partial charge in [0.25, 0.3) is 0 Å². The molecule has 0 saturated carbocycles. The van der Waals surface area contributed by atoms with Crippen LogP contribution in [0.15, 0.2) is 5.98 Å². The zero-order valence-corrected chi connectivity index (χ0v) is 5.18. The van der Waals surface area contributed by atoms with Gasteiger partial charge in [0.2, 0.25) is 0 Å². The van der Waals surface area contributed by atoms with Gasteiger partial charge >= 0.3 is 49.4 Å². The van der Waals surface area contributed by atoms with Gasteiger partial charge in [-0.2, -0.15) is 0 Å². The van der Waals surface area contributed by atoms with Crippen molar-refractivity contribution < 1.29 is 16.8 Å². The second-order valence-corrected chi connectivity index (χ2v) is 0.885. The average Bonchev–Trinajstić information content (AvgIpc) is 1.76. The zero-order valence-electron chi connectivity index (χ0n) is 4.14. The molecule has 1 heterocycles. The van der Waals surface area contributed by atoms with Gasteiger partial charge in [-0.3, -0.25) is 0 Å². The van der Waals surface area contributed by atoms with Crippen LogP contribution in [0.3, 0.4) is 0 Å². The summed E-state index contributed by atoms with van der Waals surface area (Å²) in [6, 6.07) is 0. The first kappa shape index (κ1) is 10.4. The Balaban J connectivity index is 0. The Morgan fingerprint density at radius 2 is 2.14 bits per heavy atom. The van der Waals surface area contributed by atoms with Crippen LogP contribution < -0.4 is 0 Å². The summed E-state index contributed by atoms with van der Waals surface area (Å²) in [7, 11) is 1.88. The molecule has 0 atom stereocenters. The van der Waals surface area contributed by atoms with Crippen LogP contribution in [0.5, 0.6) is 0 Å². The van der Waals surface area contributed by atoms with Gasteiger partial charge in [0.1, 0.15) is 0 Å². The van der Waals surface area contributed by atoms with Crippen molar-refractivity contribution in [3.8, 4) is 0 Å². The largest absolute Gasteiger partial charge is 2.00 e. The molecule has 1 aliphatic rings. The summed E-state index contributed by atoms with van der Waals surface area (Å²) in [6.07, 6.45) is 0. The smallest absolute Gasteiger partial charge is 0.358 e. The molecule has 0 aliphatic carbocycles. The van der Waals surface area contributed by atoms with Crippen molar-refractivity contribution in [3.05, 3.63) is 19.4 Å². The van der Waals surface area contributed by atoms with Gasteiger partial charge in [-0.25, -0.2) is 0 Å². The molecule has 1 aliphatic heterocycles. The Labute approximate surface area is 57.3 Å². The van der Waals surface area contributed by atoms with E-state index in [1.807, 2.05) is 26.6 Å². The summed E-state index contributed by atoms with van der Waals surface area (Å²) >= 11 is 0. The van der Waals surface area contributed by atoms with E-state index in [1.54, 1.807) is 0 Å². The summed E-state index contributed by atoms with van der Waals surface area (Å²) in [5, 5.41) is 0. The monoisotopic (exact) mass is 132 g/mol. The fourth-order valence-corrected chi connectivity index (χ4v) is 0.278. The Morgan fingerprint density at radius 1 is 1.43 bits per heavy atom. The third-order valence-electron chi connectivity index (χ3n) is 0.496. The molecular formula is C3H4B3Co. The summed E-state index contributed by atoms with van der Waals surface area (Å²) < 4.78 is 0. The van der Waals surface area contributed by atoms with Crippen molar-refractivity contribution in [2.24, 2.45) is 0 Å². The Morgan fingerprint density at radius 3 is 2.29 bits per heavy atom. The maximum absolute atomic E-state index is 2.86. The van der Waals surface area contributed by atoms with E-state index in [9.17, 15) is 0 Å². The minimum absolute atomic E-state index is 0. The summed E-state index contributed by atoms with van der Waals surface area (Å²) in [4.78, 5) is 0. The predicted molar refractivity (Wildman–Crippen MR) is 31.5 cm³/mol. The molecule has 0 aromatic heterocycles. The van der Waals surface area contributed by atoms with Crippen molar-refractivity contribution >= 4 is 20.7 Å². The van der Waals surface area contributed by atoms with Gasteiger partial charge in [-0.1, -0.05) is 0 Å². The minimum atomic E-state index is 0. The van der Waals surface area contributed by atoms with E-state index in [0.717, 1.165) is 0 Å². The first-order valence-corrected chi connectivity index (χ1v) is 1.58. The fraction of sp³-hybridized carbons (Fsp3) is 0. The Kier molecular flexibility index (Phi) is 9.60. The van der Waals surface area contributed by atoms with Crippen LogP contribution >= 0.6 is 0 Å². The molecule has 0 spiro atoms. The maximum Gasteiger partial charge on any atom is 2.00 e. The van der Waals surface area contributed by atoms with Gasteiger partial charge < -0.3 is 7.43 Å². The quantitative estimate of drug-likeness (QED) is 0.312. The van der Waals surface area contributed by atoms with Crippen LogP contribution in [0, 0.1) is 13.4 Å². The molecule has 0 bridgehead atoms. The minimum Gasteiger partial charge on any atom is -0.358 e. The molecule has 2 radical (unpaired) electrons. The fourth-order valence-electron chi connectivity index (χ4n) is 0.278. The van der Waals surface area contributed by atoms with Crippen molar-refractivity contribution in [3.63, 3.8) is 0 Å². The first-order chi connectivity index (χ1) is 2.50. The van der Waals surface area contributed by atoms with Crippen LogP contribution in [0.1, 0.15) is 0 Å². The SMILES string of the molecule is [B]1B=BC=[C-]1.[CH3-].[Co+2]. The van der Waals surface area contributed by atoms with Gasteiger partial charge in [-0.05, 0) is 0 Å². The van der Waals surface area contributed by atoms with Crippen LogP contribution in [-0.2, 0) is 16.8 Å². The molecular weight excluding hydrogens is 127 g/mol. The number of hydrogen-bond acceptors (Lipinski definition) is 0. The topological polar surface area (TPSA) is 0 Å². The van der Waals surface area contributed by atoms with E-state index >= 15 is 0 Å². The second kappa shape index (κ2) is 6.44. The van der Waals surface area contributed by atoms with E-state index < -0.39 is 0 Å². The van der Waals surface area contributed by atoms with Gasteiger partial charge in [0.15, 0.2) is 0 Å². The number of hydrogen-bond donors (Lipinski definition) is 0. The molecule has 4 heteroatoms. The Bertz CT molecular complexity index is 68.2. The van der Waals surface area contributed by atoms with Crippen LogP contribution in [-0.4, -0.2) is 20.7 Å². The molecule has 0 amide bonds. The molecule has 0 saturated heterocycles. The molecule has 1 rings (SSSR count). The number of rotatable bonds is 0. The Hall–Kier alpha value is 0.441. The van der Waals surface area contributed by atoms with Crippen molar-refractivity contribution in [1.82, 2.24) is 0 Å². The molecule has 34 valence electrons. The van der Waals surface area contributed by atoms with E-state index in [0.29, 0.717) is 0 Å². The summed E-state index contributed by atoms with van der Waals surface area (Å²) in [6.45, 7) is 3.89. The molecule has 0 fully saturated rings. The van der Waals surface area contributed by atoms with Gasteiger partial charge in [0, 0.05) is 0 Å². The van der Waals surface area contributed by atoms with Gasteiger partial charge in [0.05, 0.1) is 0 Å². The molecule has 0 unspecified atom stereocenters. The maximum atomic E-state index is 2.86. The normalized spacial score (nSPS) is 9.14. The average molecular weight is 131 g/mol. The standard InChI is InChI=1S/C2HB3.CH3.Co/c1-2-4-5-3-1;;/h1H;1H3;/q2*-1;+2. The van der Waals surface area contributed by atoms with E-state index in [4.69, 9.17) is 0 Å².